The van der Waals surface area contributed by atoms with Gasteiger partial charge in [0.2, 0.25) is 0 Å². The van der Waals surface area contributed by atoms with E-state index in [1.165, 1.54) is 0 Å². The number of nitrogens with zero attached hydrogens (tertiary/aromatic N) is 1. The molecule has 0 bridgehead atoms. The molecule has 2 aliphatic heterocycles. The molecular weight excluding hydrogens is 511 g/mol. The first kappa shape index (κ1) is 26.0. The Morgan fingerprint density at radius 2 is 1.89 bits per heavy atom. The molecule has 1 unspecified atom stereocenters. The van der Waals surface area contributed by atoms with Crippen LogP contribution < -0.4 is 16.0 Å². The zero-order chi connectivity index (χ0) is 26.2. The zero-order valence-electron chi connectivity index (χ0n) is 21.1. The third-order valence-corrected chi connectivity index (χ3v) is 7.73. The number of halogens is 2. The van der Waals surface area contributed by atoms with E-state index < -0.39 is 6.04 Å². The van der Waals surface area contributed by atoms with Gasteiger partial charge >= 0.3 is 0 Å². The zero-order valence-corrected chi connectivity index (χ0v) is 22.6. The predicted octanol–water partition coefficient (Wildman–Crippen LogP) is 5.28. The lowest BCUT2D eigenvalue weighted by atomic mass is 9.73. The lowest BCUT2D eigenvalue weighted by molar-refractivity contribution is -0.118. The van der Waals surface area contributed by atoms with Crippen molar-refractivity contribution in [3.63, 3.8) is 0 Å². The van der Waals surface area contributed by atoms with Crippen LogP contribution in [0.4, 0.5) is 11.4 Å². The SMILES string of the molecule is CC1(C)CC(=O)C2=C(C1)Nc1cc(C(=O)NCCN3CCOCC3)ccc1NC2c1ccc(Cl)cc1Cl. The second-order valence-electron chi connectivity index (χ2n) is 10.7. The average Bonchev–Trinajstić information content (AvgIpc) is 2.99. The van der Waals surface area contributed by atoms with E-state index in [4.69, 9.17) is 27.9 Å². The Morgan fingerprint density at radius 1 is 1.11 bits per heavy atom. The number of allylic oxidation sites excluding steroid dienone is 1. The molecule has 2 aromatic rings. The average molecular weight is 543 g/mol. The van der Waals surface area contributed by atoms with E-state index in [1.54, 1.807) is 18.2 Å². The van der Waals surface area contributed by atoms with Gasteiger partial charge in [-0.1, -0.05) is 43.1 Å². The van der Waals surface area contributed by atoms with E-state index in [9.17, 15) is 9.59 Å². The molecule has 1 fully saturated rings. The summed E-state index contributed by atoms with van der Waals surface area (Å²) in [6.07, 6.45) is 1.15. The number of anilines is 2. The molecule has 196 valence electrons. The van der Waals surface area contributed by atoms with Gasteiger partial charge in [-0.15, -0.1) is 0 Å². The number of carbonyl (C=O) groups is 2. The number of carbonyl (C=O) groups excluding carboxylic acids is 2. The van der Waals surface area contributed by atoms with Gasteiger partial charge in [-0.3, -0.25) is 14.5 Å². The summed E-state index contributed by atoms with van der Waals surface area (Å²) < 4.78 is 5.38. The van der Waals surface area contributed by atoms with Crippen LogP contribution in [0, 0.1) is 5.41 Å². The second kappa shape index (κ2) is 10.7. The van der Waals surface area contributed by atoms with Gasteiger partial charge in [0, 0.05) is 59.5 Å². The smallest absolute Gasteiger partial charge is 0.251 e. The van der Waals surface area contributed by atoms with Gasteiger partial charge in [0.25, 0.3) is 5.91 Å². The fourth-order valence-electron chi connectivity index (χ4n) is 5.31. The van der Waals surface area contributed by atoms with Crippen LogP contribution in [0.5, 0.6) is 0 Å². The van der Waals surface area contributed by atoms with Crippen molar-refractivity contribution in [2.75, 3.05) is 50.0 Å². The Morgan fingerprint density at radius 3 is 2.65 bits per heavy atom. The highest BCUT2D eigenvalue weighted by atomic mass is 35.5. The van der Waals surface area contributed by atoms with Crippen molar-refractivity contribution in [1.82, 2.24) is 10.2 Å². The molecule has 37 heavy (non-hydrogen) atoms. The van der Waals surface area contributed by atoms with Crippen molar-refractivity contribution < 1.29 is 14.3 Å². The van der Waals surface area contributed by atoms with Crippen LogP contribution in [0.25, 0.3) is 0 Å². The molecule has 5 rings (SSSR count). The lowest BCUT2D eigenvalue weighted by Gasteiger charge is -2.34. The summed E-state index contributed by atoms with van der Waals surface area (Å²) in [5, 5.41) is 11.1. The van der Waals surface area contributed by atoms with Crippen molar-refractivity contribution in [2.45, 2.75) is 32.7 Å². The van der Waals surface area contributed by atoms with Crippen LogP contribution in [0.1, 0.15) is 48.7 Å². The molecule has 1 atom stereocenters. The maximum absolute atomic E-state index is 13.5. The molecule has 1 aliphatic carbocycles. The lowest BCUT2D eigenvalue weighted by Crippen LogP contribution is -2.41. The minimum Gasteiger partial charge on any atom is -0.379 e. The fraction of sp³-hybridized carbons (Fsp3) is 0.429. The second-order valence-corrected chi connectivity index (χ2v) is 11.5. The third-order valence-electron chi connectivity index (χ3n) is 7.17. The van der Waals surface area contributed by atoms with Gasteiger partial charge in [-0.2, -0.15) is 0 Å². The molecular formula is C28H32Cl2N4O3. The third kappa shape index (κ3) is 5.80. The van der Waals surface area contributed by atoms with Gasteiger partial charge in [-0.25, -0.2) is 0 Å². The number of ketones is 1. The molecule has 3 N–H and O–H groups in total. The van der Waals surface area contributed by atoms with Gasteiger partial charge in [0.15, 0.2) is 5.78 Å². The maximum Gasteiger partial charge on any atom is 0.251 e. The van der Waals surface area contributed by atoms with Gasteiger partial charge in [-0.05, 0) is 47.7 Å². The van der Waals surface area contributed by atoms with Crippen LogP contribution in [0.15, 0.2) is 47.7 Å². The van der Waals surface area contributed by atoms with Crippen molar-refractivity contribution >= 4 is 46.3 Å². The molecule has 0 radical (unpaired) electrons. The molecule has 7 nitrogen and oxygen atoms in total. The molecule has 0 spiro atoms. The number of nitrogens with one attached hydrogen (secondary N) is 3. The summed E-state index contributed by atoms with van der Waals surface area (Å²) in [4.78, 5) is 28.7. The highest BCUT2D eigenvalue weighted by Crippen LogP contribution is 2.46. The Hall–Kier alpha value is -2.58. The number of rotatable bonds is 5. The number of amides is 1. The summed E-state index contributed by atoms with van der Waals surface area (Å²) in [5.41, 5.74) is 4.24. The Labute approximate surface area is 227 Å². The maximum atomic E-state index is 13.5. The quantitative estimate of drug-likeness (QED) is 0.477. The van der Waals surface area contributed by atoms with Crippen LogP contribution in [-0.2, 0) is 9.53 Å². The molecule has 1 saturated heterocycles. The van der Waals surface area contributed by atoms with E-state index in [0.29, 0.717) is 40.6 Å². The van der Waals surface area contributed by atoms with Crippen molar-refractivity contribution in [3.05, 3.63) is 68.8 Å². The Kier molecular flexibility index (Phi) is 7.50. The Bertz CT molecular complexity index is 1250. The monoisotopic (exact) mass is 542 g/mol. The van der Waals surface area contributed by atoms with Crippen LogP contribution in [0.3, 0.4) is 0 Å². The highest BCUT2D eigenvalue weighted by molar-refractivity contribution is 6.35. The molecule has 2 heterocycles. The first-order chi connectivity index (χ1) is 17.7. The molecule has 3 aliphatic rings. The first-order valence-electron chi connectivity index (χ1n) is 12.7. The van der Waals surface area contributed by atoms with Crippen LogP contribution in [-0.4, -0.2) is 56.0 Å². The van der Waals surface area contributed by atoms with E-state index in [0.717, 1.165) is 55.5 Å². The number of fused-ring (bicyclic) bond motifs is 1. The van der Waals surface area contributed by atoms with Crippen LogP contribution in [0.2, 0.25) is 10.0 Å². The standard InChI is InChI=1S/C28H32Cl2N4O3/c1-28(2)15-23-25(24(35)16-28)26(19-5-4-18(29)14-20(19)30)33-21-6-3-17(13-22(21)32-23)27(36)31-7-8-34-9-11-37-12-10-34/h3-6,13-14,26,32-33H,7-12,15-16H2,1-2H3,(H,31,36). The minimum absolute atomic E-state index is 0.0798. The largest absolute Gasteiger partial charge is 0.379 e. The fourth-order valence-corrected chi connectivity index (χ4v) is 5.83. The normalized spacial score (nSPS) is 21.3. The summed E-state index contributed by atoms with van der Waals surface area (Å²) in [6.45, 7) is 8.78. The van der Waals surface area contributed by atoms with Gasteiger partial charge in [0.05, 0.1) is 30.6 Å². The van der Waals surface area contributed by atoms with Crippen molar-refractivity contribution in [1.29, 1.82) is 0 Å². The predicted molar refractivity (Wildman–Crippen MR) is 148 cm³/mol. The summed E-state index contributed by atoms with van der Waals surface area (Å²) >= 11 is 12.8. The van der Waals surface area contributed by atoms with E-state index >= 15 is 0 Å². The number of Topliss-reactive ketones (excluding diaryl/α,β-unsaturated/α-hetero) is 1. The summed E-state index contributed by atoms with van der Waals surface area (Å²) in [7, 11) is 0. The van der Waals surface area contributed by atoms with Gasteiger partial charge in [0.1, 0.15) is 0 Å². The van der Waals surface area contributed by atoms with Crippen LogP contribution >= 0.6 is 23.2 Å². The summed E-state index contributed by atoms with van der Waals surface area (Å²) in [5.74, 6) is -0.0511. The number of morpholine rings is 1. The van der Waals surface area contributed by atoms with Crippen molar-refractivity contribution in [2.24, 2.45) is 5.41 Å². The first-order valence-corrected chi connectivity index (χ1v) is 13.4. The Balaban J connectivity index is 1.43. The topological polar surface area (TPSA) is 82.7 Å². The summed E-state index contributed by atoms with van der Waals surface area (Å²) in [6, 6.07) is 10.4. The van der Waals surface area contributed by atoms with E-state index in [1.807, 2.05) is 18.2 Å². The van der Waals surface area contributed by atoms with E-state index in [-0.39, 0.29) is 17.1 Å². The minimum atomic E-state index is -0.440. The molecule has 1 amide bonds. The molecule has 9 heteroatoms. The molecule has 0 saturated carbocycles. The molecule has 0 aromatic heterocycles. The molecule has 2 aromatic carbocycles. The number of benzene rings is 2. The van der Waals surface area contributed by atoms with Crippen molar-refractivity contribution in [3.8, 4) is 0 Å². The highest BCUT2D eigenvalue weighted by Gasteiger charge is 2.39. The number of hydrogen-bond donors (Lipinski definition) is 3. The number of ether oxygens (including phenoxy) is 1. The van der Waals surface area contributed by atoms with Gasteiger partial charge < -0.3 is 20.7 Å². The van der Waals surface area contributed by atoms with E-state index in [2.05, 4.69) is 34.7 Å². The number of hydrogen-bond acceptors (Lipinski definition) is 6.